The fourth-order valence-corrected chi connectivity index (χ4v) is 3.46. The van der Waals surface area contributed by atoms with Crippen LogP contribution in [0, 0.1) is 0 Å². The second-order valence-electron chi connectivity index (χ2n) is 5.00. The second kappa shape index (κ2) is 5.90. The van der Waals surface area contributed by atoms with Crippen LogP contribution in [0.4, 0.5) is 0 Å². The first-order valence-electron chi connectivity index (χ1n) is 6.58. The Morgan fingerprint density at radius 2 is 1.68 bits per heavy atom. The number of rotatable bonds is 4. The van der Waals surface area contributed by atoms with Gasteiger partial charge in [0.2, 0.25) is 10.0 Å². The van der Waals surface area contributed by atoms with Crippen molar-refractivity contribution in [2.24, 2.45) is 14.1 Å². The molecule has 0 aliphatic carbocycles. The fourth-order valence-electron chi connectivity index (χ4n) is 2.07. The molecule has 118 valence electrons. The molecule has 0 saturated heterocycles. The van der Waals surface area contributed by atoms with Gasteiger partial charge in [0.25, 0.3) is 5.56 Å². The van der Waals surface area contributed by atoms with E-state index in [1.165, 1.54) is 14.1 Å². The van der Waals surface area contributed by atoms with Crippen LogP contribution in [0.1, 0.15) is 18.5 Å². The molecule has 0 fully saturated rings. The largest absolute Gasteiger partial charge is 0.330 e. The van der Waals surface area contributed by atoms with Crippen LogP contribution in [0.5, 0.6) is 0 Å². The van der Waals surface area contributed by atoms with E-state index < -0.39 is 32.2 Å². The van der Waals surface area contributed by atoms with Crippen LogP contribution in [0.3, 0.4) is 0 Å². The van der Waals surface area contributed by atoms with Crippen LogP contribution in [-0.4, -0.2) is 17.6 Å². The molecule has 7 nitrogen and oxygen atoms in total. The first kappa shape index (κ1) is 16.2. The summed E-state index contributed by atoms with van der Waals surface area (Å²) in [7, 11) is -1.41. The van der Waals surface area contributed by atoms with Crippen molar-refractivity contribution in [1.82, 2.24) is 13.9 Å². The fraction of sp³-hybridized carbons (Fsp3) is 0.286. The van der Waals surface area contributed by atoms with Crippen LogP contribution in [0.25, 0.3) is 0 Å². The Balaban J connectivity index is 2.44. The first-order valence-corrected chi connectivity index (χ1v) is 8.06. The van der Waals surface area contributed by atoms with Gasteiger partial charge in [0.05, 0.1) is 0 Å². The van der Waals surface area contributed by atoms with Crippen molar-refractivity contribution in [2.75, 3.05) is 0 Å². The topological polar surface area (TPSA) is 90.2 Å². The van der Waals surface area contributed by atoms with E-state index in [9.17, 15) is 18.0 Å². The van der Waals surface area contributed by atoms with E-state index in [0.29, 0.717) is 0 Å². The van der Waals surface area contributed by atoms with Gasteiger partial charge in [-0.25, -0.2) is 17.9 Å². The van der Waals surface area contributed by atoms with Crippen LogP contribution in [0.2, 0.25) is 0 Å². The number of hydrogen-bond donors (Lipinski definition) is 1. The smallest absolute Gasteiger partial charge is 0.302 e. The normalized spacial score (nSPS) is 13.0. The third kappa shape index (κ3) is 3.02. The number of nitrogens with one attached hydrogen (secondary N) is 1. The number of nitrogens with zero attached hydrogens (tertiary/aromatic N) is 2. The molecular formula is C14H17N3O4S. The molecule has 1 heterocycles. The molecule has 0 amide bonds. The summed E-state index contributed by atoms with van der Waals surface area (Å²) in [5.74, 6) is 0. The Bertz CT molecular complexity index is 898. The van der Waals surface area contributed by atoms with Gasteiger partial charge < -0.3 is 4.57 Å². The van der Waals surface area contributed by atoms with Gasteiger partial charge in [-0.05, 0) is 12.5 Å². The van der Waals surface area contributed by atoms with E-state index in [0.717, 1.165) is 20.9 Å². The summed E-state index contributed by atoms with van der Waals surface area (Å²) in [6, 6.07) is 8.48. The molecule has 0 aliphatic rings. The van der Waals surface area contributed by atoms with Gasteiger partial charge in [-0.15, -0.1) is 0 Å². The number of hydrogen-bond acceptors (Lipinski definition) is 4. The number of benzene rings is 1. The van der Waals surface area contributed by atoms with Crippen molar-refractivity contribution in [1.29, 1.82) is 0 Å². The summed E-state index contributed by atoms with van der Waals surface area (Å²) in [5, 5.41) is 0. The van der Waals surface area contributed by atoms with E-state index in [1.807, 2.05) is 6.07 Å². The zero-order valence-corrected chi connectivity index (χ0v) is 13.3. The lowest BCUT2D eigenvalue weighted by Crippen LogP contribution is -2.41. The Hall–Kier alpha value is -2.19. The monoisotopic (exact) mass is 323 g/mol. The summed E-state index contributed by atoms with van der Waals surface area (Å²) < 4.78 is 29.1. The third-order valence-corrected chi connectivity index (χ3v) is 4.86. The highest BCUT2D eigenvalue weighted by Gasteiger charge is 2.23. The second-order valence-corrected chi connectivity index (χ2v) is 6.69. The molecule has 0 radical (unpaired) electrons. The SMILES string of the molecule is C[C@H](NS(=O)(=O)c1cn(C)c(=O)n(C)c1=O)c1ccccc1. The van der Waals surface area contributed by atoms with Gasteiger partial charge in [-0.3, -0.25) is 9.36 Å². The minimum absolute atomic E-state index is 0.458. The number of sulfonamides is 1. The van der Waals surface area contributed by atoms with Gasteiger partial charge in [-0.1, -0.05) is 30.3 Å². The van der Waals surface area contributed by atoms with Crippen molar-refractivity contribution in [3.63, 3.8) is 0 Å². The predicted octanol–water partition coefficient (Wildman–Crippen LogP) is 0.124. The molecule has 0 spiro atoms. The minimum Gasteiger partial charge on any atom is -0.302 e. The summed E-state index contributed by atoms with van der Waals surface area (Å²) >= 11 is 0. The maximum absolute atomic E-state index is 12.4. The first-order chi connectivity index (χ1) is 10.2. The molecule has 0 bridgehead atoms. The Morgan fingerprint density at radius 3 is 2.27 bits per heavy atom. The Morgan fingerprint density at radius 1 is 1.09 bits per heavy atom. The predicted molar refractivity (Wildman–Crippen MR) is 82.1 cm³/mol. The zero-order valence-electron chi connectivity index (χ0n) is 12.5. The molecule has 2 aromatic rings. The molecule has 0 saturated carbocycles. The standard InChI is InChI=1S/C14H17N3O4S/c1-10(11-7-5-4-6-8-11)15-22(20,21)12-9-16(2)14(19)17(3)13(12)18/h4-10,15H,1-3H3/t10-/m0/s1. The van der Waals surface area contributed by atoms with Gasteiger partial charge in [-0.2, -0.15) is 0 Å². The van der Waals surface area contributed by atoms with Gasteiger partial charge >= 0.3 is 5.69 Å². The van der Waals surface area contributed by atoms with E-state index in [-0.39, 0.29) is 0 Å². The van der Waals surface area contributed by atoms with Crippen molar-refractivity contribution in [3.05, 3.63) is 62.9 Å². The maximum atomic E-state index is 12.4. The third-order valence-electron chi connectivity index (χ3n) is 3.34. The highest BCUT2D eigenvalue weighted by molar-refractivity contribution is 7.89. The number of aryl methyl sites for hydroxylation is 1. The van der Waals surface area contributed by atoms with E-state index in [4.69, 9.17) is 0 Å². The van der Waals surface area contributed by atoms with Crippen LogP contribution in [0.15, 0.2) is 51.0 Å². The van der Waals surface area contributed by atoms with E-state index >= 15 is 0 Å². The van der Waals surface area contributed by atoms with E-state index in [2.05, 4.69) is 4.72 Å². The quantitative estimate of drug-likeness (QED) is 0.865. The van der Waals surface area contributed by atoms with Crippen molar-refractivity contribution >= 4 is 10.0 Å². The maximum Gasteiger partial charge on any atom is 0.330 e. The van der Waals surface area contributed by atoms with Crippen LogP contribution in [-0.2, 0) is 24.1 Å². The zero-order chi connectivity index (χ0) is 16.5. The Kier molecular flexibility index (Phi) is 4.34. The average Bonchev–Trinajstić information content (AvgIpc) is 2.49. The lowest BCUT2D eigenvalue weighted by molar-refractivity contribution is 0.557. The molecule has 8 heteroatoms. The van der Waals surface area contributed by atoms with Crippen molar-refractivity contribution in [2.45, 2.75) is 17.9 Å². The summed E-state index contributed by atoms with van der Waals surface area (Å²) in [5.41, 5.74) is -0.663. The molecule has 0 unspecified atom stereocenters. The highest BCUT2D eigenvalue weighted by atomic mass is 32.2. The average molecular weight is 323 g/mol. The molecule has 1 atom stereocenters. The van der Waals surface area contributed by atoms with Crippen molar-refractivity contribution < 1.29 is 8.42 Å². The summed E-state index contributed by atoms with van der Waals surface area (Å²) in [6.07, 6.45) is 1.03. The summed E-state index contributed by atoms with van der Waals surface area (Å²) in [6.45, 7) is 1.68. The lowest BCUT2D eigenvalue weighted by Gasteiger charge is -2.15. The molecule has 1 N–H and O–H groups in total. The Labute approximate surface area is 127 Å². The summed E-state index contributed by atoms with van der Waals surface area (Å²) in [4.78, 5) is 23.2. The number of aromatic nitrogens is 2. The van der Waals surface area contributed by atoms with Crippen LogP contribution < -0.4 is 16.0 Å². The molecule has 22 heavy (non-hydrogen) atoms. The molecule has 0 aliphatic heterocycles. The molecule has 2 rings (SSSR count). The molecule has 1 aromatic carbocycles. The van der Waals surface area contributed by atoms with E-state index in [1.54, 1.807) is 31.2 Å². The van der Waals surface area contributed by atoms with Gasteiger partial charge in [0, 0.05) is 26.3 Å². The van der Waals surface area contributed by atoms with Crippen LogP contribution >= 0.6 is 0 Å². The minimum atomic E-state index is -4.04. The highest BCUT2D eigenvalue weighted by Crippen LogP contribution is 2.14. The lowest BCUT2D eigenvalue weighted by atomic mass is 10.1. The molecular weight excluding hydrogens is 306 g/mol. The van der Waals surface area contributed by atoms with Crippen molar-refractivity contribution in [3.8, 4) is 0 Å². The molecule has 1 aromatic heterocycles. The van der Waals surface area contributed by atoms with Gasteiger partial charge in [0.15, 0.2) is 4.90 Å². The van der Waals surface area contributed by atoms with Gasteiger partial charge in [0.1, 0.15) is 0 Å².